The molecule has 1 aliphatic rings. The maximum atomic E-state index is 13.3. The van der Waals surface area contributed by atoms with E-state index in [0.717, 1.165) is 28.7 Å². The fourth-order valence-electron chi connectivity index (χ4n) is 4.39. The van der Waals surface area contributed by atoms with E-state index >= 15 is 0 Å². The number of thiocarbonyl (C=S) groups is 1. The van der Waals surface area contributed by atoms with Crippen molar-refractivity contribution < 1.29 is 13.2 Å². The fourth-order valence-corrected chi connectivity index (χ4v) is 4.76. The molecular weight excluding hydrogens is 421 g/mol. The Morgan fingerprint density at radius 1 is 1.10 bits per heavy atom. The van der Waals surface area contributed by atoms with Crippen LogP contribution in [0, 0.1) is 13.8 Å². The number of nitrogens with one attached hydrogen (secondary N) is 1. The van der Waals surface area contributed by atoms with Crippen LogP contribution in [0.25, 0.3) is 5.69 Å². The molecule has 0 saturated carbocycles. The van der Waals surface area contributed by atoms with Gasteiger partial charge in [0.05, 0.1) is 23.3 Å². The van der Waals surface area contributed by atoms with Crippen LogP contribution < -0.4 is 5.32 Å². The quantitative estimate of drug-likeness (QED) is 0.539. The van der Waals surface area contributed by atoms with Gasteiger partial charge in [-0.25, -0.2) is 0 Å². The molecule has 3 heterocycles. The highest BCUT2D eigenvalue weighted by atomic mass is 32.1. The Kier molecular flexibility index (Phi) is 5.51. The zero-order chi connectivity index (χ0) is 22.3. The first kappa shape index (κ1) is 21.4. The largest absolute Gasteiger partial charge is 0.416 e. The lowest BCUT2D eigenvalue weighted by atomic mass is 9.97. The summed E-state index contributed by atoms with van der Waals surface area (Å²) in [6.45, 7) is 6.58. The molecule has 1 saturated heterocycles. The van der Waals surface area contributed by atoms with Crippen LogP contribution in [0.15, 0.2) is 54.7 Å². The number of hydrogen-bond donors (Lipinski definition) is 1. The minimum atomic E-state index is -4.39. The Balaban J connectivity index is 1.83. The average molecular weight is 445 g/mol. The van der Waals surface area contributed by atoms with Gasteiger partial charge in [-0.2, -0.15) is 13.2 Å². The first-order chi connectivity index (χ1) is 14.7. The van der Waals surface area contributed by atoms with Crippen LogP contribution in [0.2, 0.25) is 0 Å². The molecule has 0 aliphatic carbocycles. The predicted octanol–water partition coefficient (Wildman–Crippen LogP) is 5.50. The summed E-state index contributed by atoms with van der Waals surface area (Å²) < 4.78 is 41.7. The number of pyridine rings is 1. The first-order valence-corrected chi connectivity index (χ1v) is 10.5. The molecule has 1 aromatic carbocycles. The molecule has 0 unspecified atom stereocenters. The zero-order valence-electron chi connectivity index (χ0n) is 17.4. The van der Waals surface area contributed by atoms with E-state index in [0.29, 0.717) is 17.3 Å². The highest BCUT2D eigenvalue weighted by Crippen LogP contribution is 2.41. The molecule has 1 N–H and O–H groups in total. The molecule has 3 aromatic rings. The maximum absolute atomic E-state index is 13.3. The number of aromatic nitrogens is 2. The van der Waals surface area contributed by atoms with Crippen LogP contribution in [0.3, 0.4) is 0 Å². The fraction of sp³-hybridized carbons (Fsp3) is 0.304. The third-order valence-electron chi connectivity index (χ3n) is 5.76. The van der Waals surface area contributed by atoms with Gasteiger partial charge in [-0.1, -0.05) is 12.1 Å². The summed E-state index contributed by atoms with van der Waals surface area (Å²) in [5.41, 5.74) is 3.45. The normalized spacial score (nSPS) is 19.0. The number of benzene rings is 1. The molecule has 31 heavy (non-hydrogen) atoms. The second kappa shape index (κ2) is 8.00. The van der Waals surface area contributed by atoms with Crippen molar-refractivity contribution in [2.24, 2.45) is 0 Å². The number of aryl methyl sites for hydroxylation is 1. The van der Waals surface area contributed by atoms with Crippen molar-refractivity contribution in [2.45, 2.75) is 39.0 Å². The van der Waals surface area contributed by atoms with Gasteiger partial charge in [0.15, 0.2) is 5.11 Å². The topological polar surface area (TPSA) is 33.1 Å². The molecule has 0 radical (unpaired) electrons. The van der Waals surface area contributed by atoms with E-state index in [-0.39, 0.29) is 12.1 Å². The lowest BCUT2D eigenvalue weighted by Gasteiger charge is -2.27. The second-order valence-corrected chi connectivity index (χ2v) is 8.01. The Morgan fingerprint density at radius 3 is 2.52 bits per heavy atom. The summed E-state index contributed by atoms with van der Waals surface area (Å²) >= 11 is 5.58. The lowest BCUT2D eigenvalue weighted by Crippen LogP contribution is -2.29. The summed E-state index contributed by atoms with van der Waals surface area (Å²) in [7, 11) is 0. The van der Waals surface area contributed by atoms with Crippen molar-refractivity contribution in [3.05, 3.63) is 82.9 Å². The van der Waals surface area contributed by atoms with Gasteiger partial charge < -0.3 is 14.8 Å². The van der Waals surface area contributed by atoms with Crippen LogP contribution >= 0.6 is 12.2 Å². The molecule has 0 bridgehead atoms. The van der Waals surface area contributed by atoms with Gasteiger partial charge >= 0.3 is 6.18 Å². The van der Waals surface area contributed by atoms with Crippen LogP contribution in [0.1, 0.15) is 47.2 Å². The molecule has 162 valence electrons. The number of rotatable bonds is 4. The number of halogens is 3. The minimum Gasteiger partial charge on any atom is -0.352 e. The maximum Gasteiger partial charge on any atom is 0.416 e. The van der Waals surface area contributed by atoms with E-state index in [2.05, 4.69) is 15.2 Å². The summed E-state index contributed by atoms with van der Waals surface area (Å²) in [4.78, 5) is 6.62. The van der Waals surface area contributed by atoms with Crippen LogP contribution in [0.4, 0.5) is 13.2 Å². The molecule has 1 fully saturated rings. The summed E-state index contributed by atoms with van der Waals surface area (Å²) in [6, 6.07) is 13.0. The Hall–Kier alpha value is -2.87. The van der Waals surface area contributed by atoms with Crippen molar-refractivity contribution in [1.29, 1.82) is 0 Å². The van der Waals surface area contributed by atoms with Gasteiger partial charge in [-0.15, -0.1) is 0 Å². The summed E-state index contributed by atoms with van der Waals surface area (Å²) in [5.74, 6) is 0. The summed E-state index contributed by atoms with van der Waals surface area (Å²) in [6.07, 6.45) is -2.64. The number of nitrogens with zero attached hydrogens (tertiary/aromatic N) is 3. The van der Waals surface area contributed by atoms with E-state index < -0.39 is 11.7 Å². The molecule has 2 aromatic heterocycles. The van der Waals surface area contributed by atoms with Crippen molar-refractivity contribution in [1.82, 2.24) is 19.8 Å². The smallest absolute Gasteiger partial charge is 0.352 e. The van der Waals surface area contributed by atoms with E-state index in [4.69, 9.17) is 12.2 Å². The zero-order valence-corrected chi connectivity index (χ0v) is 18.3. The van der Waals surface area contributed by atoms with E-state index in [1.807, 2.05) is 49.6 Å². The molecule has 1 aliphatic heterocycles. The van der Waals surface area contributed by atoms with E-state index in [9.17, 15) is 13.2 Å². The molecule has 2 atom stereocenters. The predicted molar refractivity (Wildman–Crippen MR) is 118 cm³/mol. The van der Waals surface area contributed by atoms with Crippen molar-refractivity contribution >= 4 is 17.3 Å². The third kappa shape index (κ3) is 3.80. The van der Waals surface area contributed by atoms with Crippen molar-refractivity contribution in [3.8, 4) is 5.69 Å². The first-order valence-electron chi connectivity index (χ1n) is 10.1. The Morgan fingerprint density at radius 2 is 1.87 bits per heavy atom. The molecule has 4 nitrogen and oxygen atoms in total. The lowest BCUT2D eigenvalue weighted by molar-refractivity contribution is -0.137. The third-order valence-corrected chi connectivity index (χ3v) is 6.11. The Bertz CT molecular complexity index is 1110. The van der Waals surface area contributed by atoms with E-state index in [1.54, 1.807) is 12.3 Å². The van der Waals surface area contributed by atoms with Gasteiger partial charge in [-0.05, 0) is 75.0 Å². The van der Waals surface area contributed by atoms with E-state index in [1.165, 1.54) is 12.1 Å². The van der Waals surface area contributed by atoms with Gasteiger partial charge in [0.2, 0.25) is 0 Å². The van der Waals surface area contributed by atoms with Crippen LogP contribution in [-0.4, -0.2) is 26.1 Å². The Labute approximate surface area is 184 Å². The summed E-state index contributed by atoms with van der Waals surface area (Å²) in [5, 5.41) is 4.03. The van der Waals surface area contributed by atoms with Crippen LogP contribution in [-0.2, 0) is 6.18 Å². The second-order valence-electron chi connectivity index (χ2n) is 7.62. The van der Waals surface area contributed by atoms with Gasteiger partial charge in [0.1, 0.15) is 0 Å². The van der Waals surface area contributed by atoms with Crippen molar-refractivity contribution in [2.75, 3.05) is 6.54 Å². The van der Waals surface area contributed by atoms with Gasteiger partial charge in [-0.3, -0.25) is 4.98 Å². The SMILES string of the molecule is CCN1C(=S)N[C@H](c2ccccn2)[C@@H]1c1cc(C)n(-c2cccc(C(F)(F)F)c2)c1C. The minimum absolute atomic E-state index is 0.113. The molecule has 0 amide bonds. The molecular formula is C23H23F3N4S. The highest BCUT2D eigenvalue weighted by Gasteiger charge is 2.40. The number of hydrogen-bond acceptors (Lipinski definition) is 2. The van der Waals surface area contributed by atoms with Gasteiger partial charge in [0, 0.05) is 29.8 Å². The van der Waals surface area contributed by atoms with Crippen LogP contribution in [0.5, 0.6) is 0 Å². The number of likely N-dealkylation sites (N-methyl/N-ethyl adjacent to an activating group) is 1. The molecule has 8 heteroatoms. The monoisotopic (exact) mass is 444 g/mol. The van der Waals surface area contributed by atoms with Gasteiger partial charge in [0.25, 0.3) is 0 Å². The standard InChI is InChI=1S/C23H23F3N4S/c1-4-29-21(20(28-22(29)31)19-10-5-6-11-27-19)18-12-14(2)30(15(18)3)17-9-7-8-16(13-17)23(24,25)26/h5-13,20-21H,4H2,1-3H3,(H,28,31)/t20-,21+/m1/s1. The highest BCUT2D eigenvalue weighted by molar-refractivity contribution is 7.80. The number of alkyl halides is 3. The van der Waals surface area contributed by atoms with Crippen molar-refractivity contribution in [3.63, 3.8) is 0 Å². The average Bonchev–Trinajstić information content (AvgIpc) is 3.23. The molecule has 4 rings (SSSR count). The molecule has 0 spiro atoms.